The summed E-state index contributed by atoms with van der Waals surface area (Å²) in [6.45, 7) is 1.70. The van der Waals surface area contributed by atoms with Gasteiger partial charge in [-0.25, -0.2) is 10.2 Å². The lowest BCUT2D eigenvalue weighted by Gasteiger charge is -2.05. The maximum Gasteiger partial charge on any atom is 0.339 e. The smallest absolute Gasteiger partial charge is 0.307 e. The molecule has 0 heterocycles. The van der Waals surface area contributed by atoms with Crippen molar-refractivity contribution in [2.45, 2.75) is 6.92 Å². The number of nitro benzene ring substituents is 1. The third-order valence-electron chi connectivity index (χ3n) is 2.85. The summed E-state index contributed by atoms with van der Waals surface area (Å²) in [5.74, 6) is 0. The van der Waals surface area contributed by atoms with E-state index in [2.05, 4.69) is 15.8 Å². The molecule has 0 aliphatic heterocycles. The molecule has 22 heavy (non-hydrogen) atoms. The minimum atomic E-state index is -0.470. The summed E-state index contributed by atoms with van der Waals surface area (Å²) in [4.78, 5) is 21.8. The molecule has 0 radical (unpaired) electrons. The highest BCUT2D eigenvalue weighted by Crippen LogP contribution is 2.12. The number of carbonyl (C=O) groups excluding carboxylic acids is 1. The number of anilines is 1. The molecule has 112 valence electrons. The SMILES string of the molecule is CC(=NNC(=O)Nc1ccccc1)c1ccc([N+](=O)[O-])cc1. The van der Waals surface area contributed by atoms with Gasteiger partial charge in [-0.3, -0.25) is 10.1 Å². The van der Waals surface area contributed by atoms with E-state index in [9.17, 15) is 14.9 Å². The van der Waals surface area contributed by atoms with Gasteiger partial charge in [-0.2, -0.15) is 5.10 Å². The van der Waals surface area contributed by atoms with Crippen molar-refractivity contribution in [2.75, 3.05) is 5.32 Å². The fourth-order valence-corrected chi connectivity index (χ4v) is 1.70. The Labute approximate surface area is 126 Å². The van der Waals surface area contributed by atoms with E-state index in [4.69, 9.17) is 0 Å². The van der Waals surface area contributed by atoms with Gasteiger partial charge < -0.3 is 5.32 Å². The summed E-state index contributed by atoms with van der Waals surface area (Å²) >= 11 is 0. The van der Waals surface area contributed by atoms with E-state index < -0.39 is 11.0 Å². The minimum Gasteiger partial charge on any atom is -0.307 e. The molecular weight excluding hydrogens is 284 g/mol. The van der Waals surface area contributed by atoms with Crippen molar-refractivity contribution in [3.05, 3.63) is 70.3 Å². The van der Waals surface area contributed by atoms with Gasteiger partial charge in [0.05, 0.1) is 10.6 Å². The van der Waals surface area contributed by atoms with Gasteiger partial charge in [-0.1, -0.05) is 18.2 Å². The third-order valence-corrected chi connectivity index (χ3v) is 2.85. The van der Waals surface area contributed by atoms with Gasteiger partial charge in [-0.05, 0) is 36.8 Å². The predicted octanol–water partition coefficient (Wildman–Crippen LogP) is 3.14. The first kappa shape index (κ1) is 15.2. The maximum atomic E-state index is 11.7. The number of non-ortho nitro benzene ring substituents is 1. The zero-order chi connectivity index (χ0) is 15.9. The van der Waals surface area contributed by atoms with E-state index in [1.165, 1.54) is 12.1 Å². The van der Waals surface area contributed by atoms with Crippen LogP contribution in [0.25, 0.3) is 0 Å². The Balaban J connectivity index is 1.97. The number of nitrogens with one attached hydrogen (secondary N) is 2. The zero-order valence-electron chi connectivity index (χ0n) is 11.8. The number of hydrogen-bond donors (Lipinski definition) is 2. The van der Waals surface area contributed by atoms with Crippen LogP contribution >= 0.6 is 0 Å². The molecule has 0 aromatic heterocycles. The van der Waals surface area contributed by atoms with Crippen LogP contribution in [-0.2, 0) is 0 Å². The number of nitro groups is 1. The van der Waals surface area contributed by atoms with Crippen LogP contribution in [0.3, 0.4) is 0 Å². The molecule has 7 heteroatoms. The van der Waals surface area contributed by atoms with Crippen LogP contribution in [-0.4, -0.2) is 16.7 Å². The topological polar surface area (TPSA) is 96.6 Å². The van der Waals surface area contributed by atoms with E-state index in [0.29, 0.717) is 17.0 Å². The number of carbonyl (C=O) groups is 1. The number of hydrogen-bond acceptors (Lipinski definition) is 4. The van der Waals surface area contributed by atoms with E-state index in [0.717, 1.165) is 0 Å². The van der Waals surface area contributed by atoms with Gasteiger partial charge >= 0.3 is 6.03 Å². The second-order valence-corrected chi connectivity index (χ2v) is 4.43. The first-order valence-corrected chi connectivity index (χ1v) is 6.47. The Kier molecular flexibility index (Phi) is 4.81. The Morgan fingerprint density at radius 2 is 1.73 bits per heavy atom. The number of benzene rings is 2. The Morgan fingerprint density at radius 3 is 2.32 bits per heavy atom. The van der Waals surface area contributed by atoms with Crippen LogP contribution in [0.1, 0.15) is 12.5 Å². The van der Waals surface area contributed by atoms with Gasteiger partial charge in [0.2, 0.25) is 0 Å². The molecule has 0 saturated carbocycles. The lowest BCUT2D eigenvalue weighted by molar-refractivity contribution is -0.384. The van der Waals surface area contributed by atoms with Crippen LogP contribution in [0.4, 0.5) is 16.2 Å². The van der Waals surface area contributed by atoms with Crippen molar-refractivity contribution >= 4 is 23.1 Å². The molecule has 0 aliphatic carbocycles. The number of amides is 2. The van der Waals surface area contributed by atoms with Gasteiger partial charge in [0.15, 0.2) is 0 Å². The zero-order valence-corrected chi connectivity index (χ0v) is 11.8. The van der Waals surface area contributed by atoms with Crippen molar-refractivity contribution in [1.82, 2.24) is 5.43 Å². The average Bonchev–Trinajstić information content (AvgIpc) is 2.53. The van der Waals surface area contributed by atoms with E-state index in [1.54, 1.807) is 43.3 Å². The standard InChI is InChI=1S/C15H14N4O3/c1-11(12-7-9-14(10-8-12)19(21)22)17-18-15(20)16-13-5-3-2-4-6-13/h2-10H,1H3,(H2,16,18,20). The molecule has 0 bridgehead atoms. The Morgan fingerprint density at radius 1 is 1.09 bits per heavy atom. The average molecular weight is 298 g/mol. The number of urea groups is 1. The number of nitrogens with zero attached hydrogens (tertiary/aromatic N) is 2. The second-order valence-electron chi connectivity index (χ2n) is 4.43. The molecular formula is C15H14N4O3. The molecule has 7 nitrogen and oxygen atoms in total. The summed E-state index contributed by atoms with van der Waals surface area (Å²) < 4.78 is 0. The van der Waals surface area contributed by atoms with E-state index in [1.807, 2.05) is 6.07 Å². The maximum absolute atomic E-state index is 11.7. The van der Waals surface area contributed by atoms with Crippen molar-refractivity contribution in [3.63, 3.8) is 0 Å². The molecule has 0 spiro atoms. The van der Waals surface area contributed by atoms with Crippen LogP contribution in [0, 0.1) is 10.1 Å². The monoisotopic (exact) mass is 298 g/mol. The predicted molar refractivity (Wildman–Crippen MR) is 83.9 cm³/mol. The molecule has 2 aromatic rings. The second kappa shape index (κ2) is 6.98. The summed E-state index contributed by atoms with van der Waals surface area (Å²) in [5.41, 5.74) is 4.26. The molecule has 0 saturated heterocycles. The van der Waals surface area contributed by atoms with E-state index in [-0.39, 0.29) is 5.69 Å². The Bertz CT molecular complexity index is 696. The number of hydrazone groups is 1. The minimum absolute atomic E-state index is 0.00586. The van der Waals surface area contributed by atoms with E-state index >= 15 is 0 Å². The van der Waals surface area contributed by atoms with Gasteiger partial charge in [-0.15, -0.1) is 0 Å². The molecule has 2 amide bonds. The largest absolute Gasteiger partial charge is 0.339 e. The highest BCUT2D eigenvalue weighted by atomic mass is 16.6. The molecule has 0 unspecified atom stereocenters. The Hall–Kier alpha value is -3.22. The highest BCUT2D eigenvalue weighted by Gasteiger charge is 2.06. The van der Waals surface area contributed by atoms with Gasteiger partial charge in [0.1, 0.15) is 0 Å². The molecule has 0 atom stereocenters. The van der Waals surface area contributed by atoms with Crippen molar-refractivity contribution in [3.8, 4) is 0 Å². The van der Waals surface area contributed by atoms with Crippen LogP contribution in [0.2, 0.25) is 0 Å². The number of rotatable bonds is 4. The molecule has 0 aliphatic rings. The summed E-state index contributed by atoms with van der Waals surface area (Å²) in [7, 11) is 0. The number of para-hydroxylation sites is 1. The summed E-state index contributed by atoms with van der Waals surface area (Å²) in [6.07, 6.45) is 0. The van der Waals surface area contributed by atoms with Gasteiger partial charge in [0, 0.05) is 17.8 Å². The van der Waals surface area contributed by atoms with Crippen molar-refractivity contribution in [2.24, 2.45) is 5.10 Å². The summed E-state index contributed by atoms with van der Waals surface area (Å²) in [5, 5.41) is 17.2. The normalized spacial score (nSPS) is 10.9. The molecule has 2 aromatic carbocycles. The fourth-order valence-electron chi connectivity index (χ4n) is 1.70. The highest BCUT2D eigenvalue weighted by molar-refractivity contribution is 6.00. The first-order chi connectivity index (χ1) is 10.6. The fraction of sp³-hybridized carbons (Fsp3) is 0.0667. The van der Waals surface area contributed by atoms with Crippen molar-refractivity contribution < 1.29 is 9.72 Å². The first-order valence-electron chi connectivity index (χ1n) is 6.47. The van der Waals surface area contributed by atoms with Gasteiger partial charge in [0.25, 0.3) is 5.69 Å². The molecule has 2 N–H and O–H groups in total. The van der Waals surface area contributed by atoms with Crippen molar-refractivity contribution in [1.29, 1.82) is 0 Å². The molecule has 0 fully saturated rings. The lowest BCUT2D eigenvalue weighted by Crippen LogP contribution is -2.25. The van der Waals surface area contributed by atoms with Crippen LogP contribution in [0.5, 0.6) is 0 Å². The quantitative estimate of drug-likeness (QED) is 0.515. The summed E-state index contributed by atoms with van der Waals surface area (Å²) in [6, 6.07) is 14.4. The third kappa shape index (κ3) is 4.14. The van der Waals surface area contributed by atoms with Crippen LogP contribution in [0.15, 0.2) is 59.7 Å². The molecule has 2 rings (SSSR count). The van der Waals surface area contributed by atoms with Crippen LogP contribution < -0.4 is 10.7 Å². The lowest BCUT2D eigenvalue weighted by atomic mass is 10.1.